The van der Waals surface area contributed by atoms with Gasteiger partial charge in [0.05, 0.1) is 34.8 Å². The lowest BCUT2D eigenvalue weighted by Crippen LogP contribution is -2.25. The van der Waals surface area contributed by atoms with E-state index in [0.717, 1.165) is 49.4 Å². The number of aromatic nitrogens is 2. The fourth-order valence-corrected chi connectivity index (χ4v) is 4.13. The van der Waals surface area contributed by atoms with E-state index in [-0.39, 0.29) is 11.7 Å². The van der Waals surface area contributed by atoms with Crippen LogP contribution in [0.2, 0.25) is 0 Å². The minimum absolute atomic E-state index is 0.116. The van der Waals surface area contributed by atoms with Gasteiger partial charge in [-0.25, -0.2) is 4.68 Å². The molecule has 2 aromatic rings. The highest BCUT2D eigenvalue weighted by Gasteiger charge is 2.31. The van der Waals surface area contributed by atoms with Crippen molar-refractivity contribution in [1.82, 2.24) is 9.78 Å². The molecule has 1 atom stereocenters. The molecule has 3 rings (SSSR count). The second-order valence-electron chi connectivity index (χ2n) is 8.31. The van der Waals surface area contributed by atoms with E-state index in [0.29, 0.717) is 43.0 Å². The van der Waals surface area contributed by atoms with E-state index in [9.17, 15) is 9.59 Å². The highest BCUT2D eigenvalue weighted by molar-refractivity contribution is 6.00. The molecule has 1 aliphatic carbocycles. The third-order valence-electron chi connectivity index (χ3n) is 5.74. The lowest BCUT2D eigenvalue weighted by molar-refractivity contribution is 0.0763. The number of nitrogens with one attached hydrogen (secondary N) is 1. The van der Waals surface area contributed by atoms with Crippen LogP contribution < -0.4 is 11.1 Å². The van der Waals surface area contributed by atoms with Crippen molar-refractivity contribution >= 4 is 17.4 Å². The maximum absolute atomic E-state index is 12.9. The van der Waals surface area contributed by atoms with E-state index in [4.69, 9.17) is 15.2 Å². The number of methoxy groups -OCH3 is 1. The van der Waals surface area contributed by atoms with Gasteiger partial charge in [-0.05, 0) is 50.3 Å². The van der Waals surface area contributed by atoms with Crippen LogP contribution in [0.4, 0.5) is 5.69 Å². The number of aryl methyl sites for hydroxylation is 1. The summed E-state index contributed by atoms with van der Waals surface area (Å²) in [7, 11) is 1.65. The van der Waals surface area contributed by atoms with E-state index in [1.807, 2.05) is 23.7 Å². The number of fused-ring (bicyclic) bond motifs is 1. The van der Waals surface area contributed by atoms with Gasteiger partial charge in [0, 0.05) is 39.0 Å². The minimum atomic E-state index is -0.496. The van der Waals surface area contributed by atoms with Crippen molar-refractivity contribution in [2.45, 2.75) is 46.0 Å². The third-order valence-corrected chi connectivity index (χ3v) is 5.74. The molecule has 1 aromatic carbocycles. The van der Waals surface area contributed by atoms with Crippen LogP contribution in [-0.4, -0.2) is 54.9 Å². The van der Waals surface area contributed by atoms with Gasteiger partial charge < -0.3 is 20.5 Å². The second kappa shape index (κ2) is 11.2. The SMILES string of the molecule is CCCCOCC1CC(=O)c2c(C)nn(-c3ccc(C(N)=O)c(NCCCOC)c3)c2C1. The number of nitrogens with two attached hydrogens (primary N) is 1. The summed E-state index contributed by atoms with van der Waals surface area (Å²) in [4.78, 5) is 24.8. The van der Waals surface area contributed by atoms with Gasteiger partial charge in [0.2, 0.25) is 0 Å². The molecular formula is C24H34N4O4. The van der Waals surface area contributed by atoms with Crippen LogP contribution in [0, 0.1) is 12.8 Å². The Kier molecular flexibility index (Phi) is 8.41. The number of carbonyl (C=O) groups excluding carboxylic acids is 2. The Morgan fingerprint density at radius 2 is 2.09 bits per heavy atom. The number of hydrogen-bond acceptors (Lipinski definition) is 6. The van der Waals surface area contributed by atoms with Crippen molar-refractivity contribution in [2.75, 3.05) is 38.8 Å². The van der Waals surface area contributed by atoms with Gasteiger partial charge in [-0.1, -0.05) is 13.3 Å². The summed E-state index contributed by atoms with van der Waals surface area (Å²) >= 11 is 0. The Bertz CT molecular complexity index is 954. The van der Waals surface area contributed by atoms with E-state index in [2.05, 4.69) is 17.3 Å². The topological polar surface area (TPSA) is 108 Å². The average Bonchev–Trinajstić information content (AvgIpc) is 3.11. The number of nitrogens with zero attached hydrogens (tertiary/aromatic N) is 2. The zero-order chi connectivity index (χ0) is 23.1. The second-order valence-corrected chi connectivity index (χ2v) is 8.31. The molecule has 1 aliphatic rings. The maximum atomic E-state index is 12.9. The molecule has 0 saturated carbocycles. The van der Waals surface area contributed by atoms with Crippen molar-refractivity contribution in [3.8, 4) is 5.69 Å². The molecule has 1 aromatic heterocycles. The molecule has 0 bridgehead atoms. The van der Waals surface area contributed by atoms with E-state index >= 15 is 0 Å². The van der Waals surface area contributed by atoms with Gasteiger partial charge in [0.15, 0.2) is 5.78 Å². The quantitative estimate of drug-likeness (QED) is 0.488. The Balaban J connectivity index is 1.88. The zero-order valence-corrected chi connectivity index (χ0v) is 19.3. The zero-order valence-electron chi connectivity index (χ0n) is 19.3. The van der Waals surface area contributed by atoms with Gasteiger partial charge in [-0.2, -0.15) is 5.10 Å². The molecular weight excluding hydrogens is 408 g/mol. The predicted molar refractivity (Wildman–Crippen MR) is 124 cm³/mol. The van der Waals surface area contributed by atoms with Gasteiger partial charge in [0.25, 0.3) is 5.91 Å². The molecule has 8 nitrogen and oxygen atoms in total. The summed E-state index contributed by atoms with van der Waals surface area (Å²) in [6, 6.07) is 5.39. The number of Topliss-reactive ketones (excluding diaryl/α,β-unsaturated/α-hetero) is 1. The summed E-state index contributed by atoms with van der Waals surface area (Å²) in [5.41, 5.74) is 9.76. The Labute approximate surface area is 189 Å². The van der Waals surface area contributed by atoms with Crippen LogP contribution in [0.15, 0.2) is 18.2 Å². The molecule has 1 amide bonds. The first-order valence-corrected chi connectivity index (χ1v) is 11.3. The van der Waals surface area contributed by atoms with Crippen molar-refractivity contribution in [3.63, 3.8) is 0 Å². The molecule has 1 heterocycles. The Morgan fingerprint density at radius 3 is 2.81 bits per heavy atom. The Hall–Kier alpha value is -2.71. The van der Waals surface area contributed by atoms with Crippen molar-refractivity contribution in [1.29, 1.82) is 0 Å². The Morgan fingerprint density at radius 1 is 1.28 bits per heavy atom. The summed E-state index contributed by atoms with van der Waals surface area (Å²) < 4.78 is 12.7. The number of primary amides is 1. The van der Waals surface area contributed by atoms with Crippen molar-refractivity contribution in [3.05, 3.63) is 40.7 Å². The molecule has 0 spiro atoms. The number of unbranched alkanes of at least 4 members (excludes halogenated alkanes) is 1. The van der Waals surface area contributed by atoms with E-state index in [1.165, 1.54) is 0 Å². The summed E-state index contributed by atoms with van der Waals surface area (Å²) in [5.74, 6) is -0.243. The minimum Gasteiger partial charge on any atom is -0.385 e. The van der Waals surface area contributed by atoms with Crippen LogP contribution in [0.5, 0.6) is 0 Å². The van der Waals surface area contributed by atoms with Crippen molar-refractivity contribution < 1.29 is 19.1 Å². The average molecular weight is 443 g/mol. The number of ether oxygens (including phenoxy) is 2. The number of amides is 1. The molecule has 0 aliphatic heterocycles. The van der Waals surface area contributed by atoms with Crippen LogP contribution in [-0.2, 0) is 15.9 Å². The number of hydrogen-bond donors (Lipinski definition) is 2. The standard InChI is InChI=1S/C24H34N4O4/c1-4-5-11-32-15-17-12-21-23(22(29)13-17)16(2)27-28(21)18-7-8-19(24(25)30)20(14-18)26-9-6-10-31-3/h7-8,14,17,26H,4-6,9-13,15H2,1-3H3,(H2,25,30). The van der Waals surface area contributed by atoms with Crippen LogP contribution in [0.25, 0.3) is 5.69 Å². The largest absolute Gasteiger partial charge is 0.385 e. The third kappa shape index (κ3) is 5.55. The smallest absolute Gasteiger partial charge is 0.250 e. The van der Waals surface area contributed by atoms with Gasteiger partial charge >= 0.3 is 0 Å². The normalized spacial score (nSPS) is 15.6. The summed E-state index contributed by atoms with van der Waals surface area (Å²) in [6.07, 6.45) is 4.11. The van der Waals surface area contributed by atoms with Crippen LogP contribution in [0.3, 0.4) is 0 Å². The number of benzene rings is 1. The molecule has 0 fully saturated rings. The van der Waals surface area contributed by atoms with Gasteiger partial charge in [-0.15, -0.1) is 0 Å². The number of carbonyl (C=O) groups is 2. The first kappa shape index (κ1) is 23.9. The molecule has 8 heteroatoms. The molecule has 0 radical (unpaired) electrons. The molecule has 1 unspecified atom stereocenters. The number of anilines is 1. The molecule has 174 valence electrons. The van der Waals surface area contributed by atoms with E-state index < -0.39 is 5.91 Å². The van der Waals surface area contributed by atoms with Crippen LogP contribution in [0.1, 0.15) is 64.7 Å². The fraction of sp³-hybridized carbons (Fsp3) is 0.542. The van der Waals surface area contributed by atoms with E-state index in [1.54, 1.807) is 13.2 Å². The van der Waals surface area contributed by atoms with Gasteiger partial charge in [0.1, 0.15) is 0 Å². The molecule has 3 N–H and O–H groups in total. The fourth-order valence-electron chi connectivity index (χ4n) is 4.13. The van der Waals surface area contributed by atoms with Gasteiger partial charge in [-0.3, -0.25) is 9.59 Å². The molecule has 0 saturated heterocycles. The van der Waals surface area contributed by atoms with Crippen LogP contribution >= 0.6 is 0 Å². The summed E-state index contributed by atoms with van der Waals surface area (Å²) in [5, 5.41) is 7.95. The maximum Gasteiger partial charge on any atom is 0.250 e. The van der Waals surface area contributed by atoms with Crippen molar-refractivity contribution in [2.24, 2.45) is 11.7 Å². The first-order valence-electron chi connectivity index (χ1n) is 11.3. The predicted octanol–water partition coefficient (Wildman–Crippen LogP) is 3.29. The first-order chi connectivity index (χ1) is 15.5. The highest BCUT2D eigenvalue weighted by atomic mass is 16.5. The number of rotatable bonds is 12. The summed E-state index contributed by atoms with van der Waals surface area (Å²) in [6.45, 7) is 6.55. The lowest BCUT2D eigenvalue weighted by Gasteiger charge is -2.23. The number of ketones is 1. The highest BCUT2D eigenvalue weighted by Crippen LogP contribution is 2.31. The molecule has 32 heavy (non-hydrogen) atoms. The lowest BCUT2D eigenvalue weighted by atomic mass is 9.86. The monoisotopic (exact) mass is 442 g/mol.